The lowest BCUT2D eigenvalue weighted by atomic mass is 10.1. The molecule has 0 aromatic heterocycles. The van der Waals surface area contributed by atoms with Gasteiger partial charge in [0, 0.05) is 19.1 Å². The fourth-order valence-electron chi connectivity index (χ4n) is 2.26. The van der Waals surface area contributed by atoms with Gasteiger partial charge in [0.15, 0.2) is 0 Å². The van der Waals surface area contributed by atoms with Crippen LogP contribution in [0.3, 0.4) is 0 Å². The third-order valence-corrected chi connectivity index (χ3v) is 3.36. The quantitative estimate of drug-likeness (QED) is 0.823. The number of hydrogen-bond donors (Lipinski definition) is 0. The summed E-state index contributed by atoms with van der Waals surface area (Å²) in [6, 6.07) is 7.05. The maximum atomic E-state index is 13.2. The highest BCUT2D eigenvalue weighted by Crippen LogP contribution is 2.16. The molecule has 0 N–H and O–H groups in total. The number of ether oxygens (including phenoxy) is 1. The van der Waals surface area contributed by atoms with Gasteiger partial charge in [0.2, 0.25) is 0 Å². The summed E-state index contributed by atoms with van der Waals surface area (Å²) in [6.07, 6.45) is 1.03. The first kappa shape index (κ1) is 13.0. The first-order valence-corrected chi connectivity index (χ1v) is 6.25. The largest absolute Gasteiger partial charge is 0.378 e. The normalized spacial score (nSPS) is 20.6. The van der Waals surface area contributed by atoms with Crippen molar-refractivity contribution >= 4 is 0 Å². The third-order valence-electron chi connectivity index (χ3n) is 3.36. The molecule has 0 saturated carbocycles. The van der Waals surface area contributed by atoms with Crippen molar-refractivity contribution in [2.75, 3.05) is 19.8 Å². The van der Waals surface area contributed by atoms with E-state index in [0.717, 1.165) is 38.3 Å². The molecule has 1 aromatic carbocycles. The summed E-state index contributed by atoms with van der Waals surface area (Å²) in [5, 5.41) is 8.82. The maximum Gasteiger partial charge on any atom is 0.140 e. The molecule has 1 fully saturated rings. The second-order valence-electron chi connectivity index (χ2n) is 4.53. The zero-order valence-corrected chi connectivity index (χ0v) is 10.5. The van der Waals surface area contributed by atoms with E-state index in [9.17, 15) is 4.39 Å². The molecule has 0 radical (unpaired) electrons. The number of nitriles is 1. The number of halogens is 1. The SMILES string of the molecule is CCC1COCCN1Cc1ccc(F)c(C#N)c1. The van der Waals surface area contributed by atoms with E-state index in [1.807, 2.05) is 6.07 Å². The Hall–Kier alpha value is -1.44. The van der Waals surface area contributed by atoms with Gasteiger partial charge in [-0.1, -0.05) is 13.0 Å². The molecule has 0 amide bonds. The Morgan fingerprint density at radius 3 is 3.11 bits per heavy atom. The van der Waals surface area contributed by atoms with Crippen LogP contribution in [0.1, 0.15) is 24.5 Å². The first-order chi connectivity index (χ1) is 8.74. The van der Waals surface area contributed by atoms with Crippen LogP contribution in [0.4, 0.5) is 4.39 Å². The fraction of sp³-hybridized carbons (Fsp3) is 0.500. The molecular weight excluding hydrogens is 231 g/mol. The van der Waals surface area contributed by atoms with Gasteiger partial charge in [-0.2, -0.15) is 5.26 Å². The van der Waals surface area contributed by atoms with Crippen molar-refractivity contribution in [1.82, 2.24) is 4.90 Å². The van der Waals surface area contributed by atoms with Gasteiger partial charge in [-0.15, -0.1) is 0 Å². The summed E-state index contributed by atoms with van der Waals surface area (Å²) in [5.41, 5.74) is 1.10. The van der Waals surface area contributed by atoms with Crippen LogP contribution in [0.2, 0.25) is 0 Å². The van der Waals surface area contributed by atoms with Crippen LogP contribution < -0.4 is 0 Å². The smallest absolute Gasteiger partial charge is 0.140 e. The van der Waals surface area contributed by atoms with E-state index >= 15 is 0 Å². The highest BCUT2D eigenvalue weighted by molar-refractivity contribution is 5.34. The lowest BCUT2D eigenvalue weighted by Gasteiger charge is -2.35. The molecule has 1 aromatic rings. The minimum atomic E-state index is -0.449. The molecule has 1 atom stereocenters. The minimum Gasteiger partial charge on any atom is -0.378 e. The van der Waals surface area contributed by atoms with Gasteiger partial charge in [0.1, 0.15) is 11.9 Å². The van der Waals surface area contributed by atoms with Gasteiger partial charge in [-0.25, -0.2) is 4.39 Å². The minimum absolute atomic E-state index is 0.119. The van der Waals surface area contributed by atoms with E-state index in [0.29, 0.717) is 6.04 Å². The standard InChI is InChI=1S/C14H17FN2O/c1-2-13-10-18-6-5-17(13)9-11-3-4-14(15)12(7-11)8-16/h3-4,7,13H,2,5-6,9-10H2,1H3. The van der Waals surface area contributed by atoms with E-state index in [1.54, 1.807) is 12.1 Å². The number of rotatable bonds is 3. The van der Waals surface area contributed by atoms with E-state index in [4.69, 9.17) is 10.00 Å². The molecule has 1 aliphatic rings. The van der Waals surface area contributed by atoms with Crippen molar-refractivity contribution in [2.45, 2.75) is 25.9 Å². The van der Waals surface area contributed by atoms with E-state index in [1.165, 1.54) is 6.07 Å². The van der Waals surface area contributed by atoms with Crippen molar-refractivity contribution in [3.05, 3.63) is 35.1 Å². The van der Waals surface area contributed by atoms with Crippen LogP contribution in [0, 0.1) is 17.1 Å². The van der Waals surface area contributed by atoms with Gasteiger partial charge < -0.3 is 4.74 Å². The van der Waals surface area contributed by atoms with Gasteiger partial charge in [-0.3, -0.25) is 4.90 Å². The molecule has 0 bridgehead atoms. The number of hydrogen-bond acceptors (Lipinski definition) is 3. The molecular formula is C14H17FN2O. The average molecular weight is 248 g/mol. The Labute approximate surface area is 107 Å². The Morgan fingerprint density at radius 1 is 1.56 bits per heavy atom. The monoisotopic (exact) mass is 248 g/mol. The molecule has 0 spiro atoms. The van der Waals surface area contributed by atoms with Crippen LogP contribution in [0.25, 0.3) is 0 Å². The molecule has 1 heterocycles. The van der Waals surface area contributed by atoms with Gasteiger partial charge >= 0.3 is 0 Å². The van der Waals surface area contributed by atoms with Crippen molar-refractivity contribution in [3.8, 4) is 6.07 Å². The van der Waals surface area contributed by atoms with Gasteiger partial charge in [0.25, 0.3) is 0 Å². The summed E-state index contributed by atoms with van der Waals surface area (Å²) < 4.78 is 18.7. The number of nitrogens with zero attached hydrogens (tertiary/aromatic N) is 2. The predicted octanol–water partition coefficient (Wildman–Crippen LogP) is 2.31. The van der Waals surface area contributed by atoms with E-state index in [2.05, 4.69) is 11.8 Å². The van der Waals surface area contributed by atoms with E-state index in [-0.39, 0.29) is 5.56 Å². The molecule has 2 rings (SSSR count). The summed E-state index contributed by atoms with van der Waals surface area (Å²) in [4.78, 5) is 2.33. The lowest BCUT2D eigenvalue weighted by Crippen LogP contribution is -2.44. The summed E-state index contributed by atoms with van der Waals surface area (Å²) >= 11 is 0. The molecule has 4 heteroatoms. The molecule has 1 unspecified atom stereocenters. The Kier molecular flexibility index (Phi) is 4.29. The fourth-order valence-corrected chi connectivity index (χ4v) is 2.26. The Balaban J connectivity index is 2.11. The Bertz CT molecular complexity index is 456. The topological polar surface area (TPSA) is 36.3 Å². The van der Waals surface area contributed by atoms with Crippen LogP contribution >= 0.6 is 0 Å². The summed E-state index contributed by atoms with van der Waals surface area (Å²) in [7, 11) is 0. The molecule has 96 valence electrons. The second-order valence-corrected chi connectivity index (χ2v) is 4.53. The molecule has 18 heavy (non-hydrogen) atoms. The van der Waals surface area contributed by atoms with Gasteiger partial charge in [0.05, 0.1) is 18.8 Å². The summed E-state index contributed by atoms with van der Waals surface area (Å²) in [6.45, 7) is 5.26. The lowest BCUT2D eigenvalue weighted by molar-refractivity contribution is -0.0127. The zero-order chi connectivity index (χ0) is 13.0. The predicted molar refractivity (Wildman–Crippen MR) is 66.4 cm³/mol. The number of morpholine rings is 1. The van der Waals surface area contributed by atoms with Crippen molar-refractivity contribution < 1.29 is 9.13 Å². The van der Waals surface area contributed by atoms with Crippen molar-refractivity contribution in [3.63, 3.8) is 0 Å². The second kappa shape index (κ2) is 5.94. The first-order valence-electron chi connectivity index (χ1n) is 6.25. The van der Waals surface area contributed by atoms with Crippen molar-refractivity contribution in [2.24, 2.45) is 0 Å². The van der Waals surface area contributed by atoms with Crippen molar-refractivity contribution in [1.29, 1.82) is 5.26 Å². The highest BCUT2D eigenvalue weighted by atomic mass is 19.1. The zero-order valence-electron chi connectivity index (χ0n) is 10.5. The highest BCUT2D eigenvalue weighted by Gasteiger charge is 2.21. The third kappa shape index (κ3) is 2.87. The maximum absolute atomic E-state index is 13.2. The van der Waals surface area contributed by atoms with Crippen LogP contribution in [-0.2, 0) is 11.3 Å². The van der Waals surface area contributed by atoms with Gasteiger partial charge in [-0.05, 0) is 24.1 Å². The Morgan fingerprint density at radius 2 is 2.39 bits per heavy atom. The molecule has 1 saturated heterocycles. The average Bonchev–Trinajstić information content (AvgIpc) is 2.41. The molecule has 1 aliphatic heterocycles. The van der Waals surface area contributed by atoms with E-state index < -0.39 is 5.82 Å². The molecule has 3 nitrogen and oxygen atoms in total. The van der Waals surface area contributed by atoms with Crippen LogP contribution in [0.15, 0.2) is 18.2 Å². The number of benzene rings is 1. The van der Waals surface area contributed by atoms with Crippen LogP contribution in [0.5, 0.6) is 0 Å². The summed E-state index contributed by atoms with van der Waals surface area (Å²) in [5.74, 6) is -0.449. The molecule has 0 aliphatic carbocycles. The van der Waals surface area contributed by atoms with Crippen LogP contribution in [-0.4, -0.2) is 30.7 Å².